The zero-order valence-corrected chi connectivity index (χ0v) is 15.3. The van der Waals surface area contributed by atoms with Crippen LogP contribution in [0.25, 0.3) is 10.9 Å². The monoisotopic (exact) mass is 403 g/mol. The molecule has 0 spiro atoms. The molecule has 0 bridgehead atoms. The molecule has 2 aromatic heterocycles. The van der Waals surface area contributed by atoms with Crippen LogP contribution in [0.3, 0.4) is 0 Å². The van der Waals surface area contributed by atoms with Crippen LogP contribution in [0.4, 0.5) is 11.5 Å². The third kappa shape index (κ3) is 3.49. The lowest BCUT2D eigenvalue weighted by Crippen LogP contribution is -2.28. The number of aromatic nitrogens is 3. The first-order chi connectivity index (χ1) is 12.2. The van der Waals surface area contributed by atoms with Crippen molar-refractivity contribution in [1.29, 1.82) is 0 Å². The van der Waals surface area contributed by atoms with E-state index in [4.69, 9.17) is 10.5 Å². The van der Waals surface area contributed by atoms with Gasteiger partial charge < -0.3 is 20.5 Å². The number of fused-ring (bicyclic) bond motifs is 1. The lowest BCUT2D eigenvalue weighted by atomic mass is 10.2. The Balaban J connectivity index is 2.01. The molecule has 7 nitrogen and oxygen atoms in total. The maximum Gasteiger partial charge on any atom is 0.248 e. The Hall–Kier alpha value is -2.45. The van der Waals surface area contributed by atoms with Crippen molar-refractivity contribution in [3.8, 4) is 11.6 Å². The minimum Gasteiger partial charge on any atom is -0.435 e. The molecule has 3 rings (SSSR count). The first-order valence-electron chi connectivity index (χ1n) is 7.83. The molecule has 0 aliphatic carbocycles. The van der Waals surface area contributed by atoms with Gasteiger partial charge in [-0.15, -0.1) is 0 Å². The molecule has 0 aliphatic rings. The fourth-order valence-electron chi connectivity index (χ4n) is 2.54. The Morgan fingerprint density at radius 3 is 2.84 bits per heavy atom. The number of hydrogen-bond acceptors (Lipinski definition) is 7. The SMILES string of the molecule is CCN(CCO)c1ncnc(Oc2ccc(Br)c3cccnc23)c1N. The van der Waals surface area contributed by atoms with E-state index < -0.39 is 0 Å². The summed E-state index contributed by atoms with van der Waals surface area (Å²) in [7, 11) is 0. The molecule has 0 saturated heterocycles. The van der Waals surface area contributed by atoms with E-state index in [2.05, 4.69) is 30.9 Å². The molecule has 8 heteroatoms. The summed E-state index contributed by atoms with van der Waals surface area (Å²) in [5.74, 6) is 1.35. The van der Waals surface area contributed by atoms with E-state index in [1.165, 1.54) is 6.33 Å². The second kappa shape index (κ2) is 7.62. The van der Waals surface area contributed by atoms with Crippen molar-refractivity contribution in [3.05, 3.63) is 41.3 Å². The minimum atomic E-state index is 0.00867. The summed E-state index contributed by atoms with van der Waals surface area (Å²) in [5, 5.41) is 10.1. The highest BCUT2D eigenvalue weighted by Gasteiger charge is 2.16. The summed E-state index contributed by atoms with van der Waals surface area (Å²) in [6.07, 6.45) is 3.10. The first-order valence-corrected chi connectivity index (χ1v) is 8.62. The normalized spacial score (nSPS) is 10.8. The molecule has 0 fully saturated rings. The van der Waals surface area contributed by atoms with Gasteiger partial charge in [-0.3, -0.25) is 4.98 Å². The largest absolute Gasteiger partial charge is 0.435 e. The fraction of sp³-hybridized carbons (Fsp3) is 0.235. The van der Waals surface area contributed by atoms with Crippen LogP contribution >= 0.6 is 15.9 Å². The molecule has 3 N–H and O–H groups in total. The van der Waals surface area contributed by atoms with E-state index >= 15 is 0 Å². The van der Waals surface area contributed by atoms with E-state index in [1.54, 1.807) is 6.20 Å². The van der Waals surface area contributed by atoms with Crippen LogP contribution in [-0.2, 0) is 0 Å². The number of halogens is 1. The number of aliphatic hydroxyl groups excluding tert-OH is 1. The van der Waals surface area contributed by atoms with Crippen LogP contribution in [0.5, 0.6) is 11.6 Å². The first kappa shape index (κ1) is 17.4. The molecule has 0 unspecified atom stereocenters. The number of pyridine rings is 1. The van der Waals surface area contributed by atoms with Gasteiger partial charge in [0.2, 0.25) is 5.88 Å². The van der Waals surface area contributed by atoms with Gasteiger partial charge in [0.05, 0.1) is 6.61 Å². The molecular weight excluding hydrogens is 386 g/mol. The quantitative estimate of drug-likeness (QED) is 0.652. The predicted octanol–water partition coefficient (Wildman–Crippen LogP) is 2.98. The van der Waals surface area contributed by atoms with Crippen molar-refractivity contribution < 1.29 is 9.84 Å². The third-order valence-corrected chi connectivity index (χ3v) is 4.46. The van der Waals surface area contributed by atoms with Gasteiger partial charge in [0.15, 0.2) is 11.6 Å². The zero-order chi connectivity index (χ0) is 17.8. The molecule has 0 saturated carbocycles. The van der Waals surface area contributed by atoms with Gasteiger partial charge in [0.1, 0.15) is 17.5 Å². The highest BCUT2D eigenvalue weighted by Crippen LogP contribution is 2.36. The van der Waals surface area contributed by atoms with Crippen LogP contribution in [0.2, 0.25) is 0 Å². The van der Waals surface area contributed by atoms with Crippen molar-refractivity contribution in [1.82, 2.24) is 15.0 Å². The van der Waals surface area contributed by atoms with Crippen LogP contribution < -0.4 is 15.4 Å². The Kier molecular flexibility index (Phi) is 5.30. The van der Waals surface area contributed by atoms with Crippen molar-refractivity contribution in [2.24, 2.45) is 0 Å². The van der Waals surface area contributed by atoms with Gasteiger partial charge in [-0.25, -0.2) is 4.98 Å². The second-order valence-electron chi connectivity index (χ2n) is 5.27. The van der Waals surface area contributed by atoms with Crippen molar-refractivity contribution in [3.63, 3.8) is 0 Å². The molecular formula is C17H18BrN5O2. The summed E-state index contributed by atoms with van der Waals surface area (Å²) < 4.78 is 6.87. The molecule has 1 aromatic carbocycles. The summed E-state index contributed by atoms with van der Waals surface area (Å²) in [6, 6.07) is 7.52. The van der Waals surface area contributed by atoms with Crippen molar-refractivity contribution in [2.45, 2.75) is 6.92 Å². The molecule has 2 heterocycles. The van der Waals surface area contributed by atoms with Gasteiger partial charge >= 0.3 is 0 Å². The predicted molar refractivity (Wildman–Crippen MR) is 101 cm³/mol. The van der Waals surface area contributed by atoms with E-state index in [0.717, 1.165) is 9.86 Å². The summed E-state index contributed by atoms with van der Waals surface area (Å²) in [4.78, 5) is 14.6. The minimum absolute atomic E-state index is 0.00867. The molecule has 0 amide bonds. The number of hydrogen-bond donors (Lipinski definition) is 2. The van der Waals surface area contributed by atoms with Crippen LogP contribution in [0, 0.1) is 0 Å². The number of aliphatic hydroxyl groups is 1. The van der Waals surface area contributed by atoms with E-state index in [9.17, 15) is 5.11 Å². The number of nitrogens with zero attached hydrogens (tertiary/aromatic N) is 4. The van der Waals surface area contributed by atoms with Crippen LogP contribution in [-0.4, -0.2) is 39.8 Å². The number of anilines is 2. The second-order valence-corrected chi connectivity index (χ2v) is 6.12. The smallest absolute Gasteiger partial charge is 0.248 e. The van der Waals surface area contributed by atoms with Gasteiger partial charge in [-0.1, -0.05) is 22.0 Å². The standard InChI is InChI=1S/C17H18BrN5O2/c1-2-23(8-9-24)16-14(19)17(22-10-21-16)25-13-6-5-12(18)11-4-3-7-20-15(11)13/h3-7,10,24H,2,8-9,19H2,1H3. The maximum atomic E-state index is 9.20. The highest BCUT2D eigenvalue weighted by molar-refractivity contribution is 9.10. The zero-order valence-electron chi connectivity index (χ0n) is 13.7. The Labute approximate surface area is 153 Å². The summed E-state index contributed by atoms with van der Waals surface area (Å²) in [6.45, 7) is 3.06. The van der Waals surface area contributed by atoms with Gasteiger partial charge in [0, 0.05) is 29.1 Å². The van der Waals surface area contributed by atoms with E-state index in [1.807, 2.05) is 36.1 Å². The molecule has 0 aliphatic heterocycles. The lowest BCUT2D eigenvalue weighted by molar-refractivity contribution is 0.302. The highest BCUT2D eigenvalue weighted by atomic mass is 79.9. The fourth-order valence-corrected chi connectivity index (χ4v) is 2.99. The molecule has 0 atom stereocenters. The van der Waals surface area contributed by atoms with Crippen LogP contribution in [0.15, 0.2) is 41.3 Å². The molecule has 0 radical (unpaired) electrons. The summed E-state index contributed by atoms with van der Waals surface area (Å²) in [5.41, 5.74) is 7.24. The van der Waals surface area contributed by atoms with Gasteiger partial charge in [0.25, 0.3) is 0 Å². The average molecular weight is 404 g/mol. The topological polar surface area (TPSA) is 97.4 Å². The van der Waals surface area contributed by atoms with Gasteiger partial charge in [-0.05, 0) is 25.1 Å². The number of likely N-dealkylation sites (N-methyl/N-ethyl adjacent to an activating group) is 1. The molecule has 25 heavy (non-hydrogen) atoms. The number of benzene rings is 1. The Morgan fingerprint density at radius 1 is 1.24 bits per heavy atom. The Morgan fingerprint density at radius 2 is 2.08 bits per heavy atom. The third-order valence-electron chi connectivity index (χ3n) is 3.76. The average Bonchev–Trinajstić information content (AvgIpc) is 2.64. The Bertz CT molecular complexity index is 890. The van der Waals surface area contributed by atoms with Crippen molar-refractivity contribution in [2.75, 3.05) is 30.3 Å². The lowest BCUT2D eigenvalue weighted by Gasteiger charge is -2.22. The number of nitrogen functional groups attached to an aromatic ring is 1. The number of ether oxygens (including phenoxy) is 1. The number of rotatable bonds is 6. The van der Waals surface area contributed by atoms with Crippen molar-refractivity contribution >= 4 is 38.3 Å². The number of nitrogens with two attached hydrogens (primary N) is 1. The van der Waals surface area contributed by atoms with Gasteiger partial charge in [-0.2, -0.15) is 4.98 Å². The maximum absolute atomic E-state index is 9.20. The molecule has 130 valence electrons. The van der Waals surface area contributed by atoms with E-state index in [0.29, 0.717) is 35.9 Å². The van der Waals surface area contributed by atoms with E-state index in [-0.39, 0.29) is 12.5 Å². The van der Waals surface area contributed by atoms with Crippen LogP contribution in [0.1, 0.15) is 6.92 Å². The molecule has 3 aromatic rings. The summed E-state index contributed by atoms with van der Waals surface area (Å²) >= 11 is 3.51.